The molecule has 0 amide bonds. The quantitative estimate of drug-likeness (QED) is 0.642. The van der Waals surface area contributed by atoms with E-state index in [0.29, 0.717) is 11.3 Å². The summed E-state index contributed by atoms with van der Waals surface area (Å²) in [5.74, 6) is 0.322. The van der Waals surface area contributed by atoms with Crippen molar-refractivity contribution in [3.63, 3.8) is 0 Å². The summed E-state index contributed by atoms with van der Waals surface area (Å²) >= 11 is 0. The Balaban J connectivity index is 0.000000165. The first kappa shape index (κ1) is 12.2. The number of phenolic OH excluding ortho intramolecular Hbond substituents is 1. The second-order valence-corrected chi connectivity index (χ2v) is 3.12. The standard InChI is InChI=1S/C7H8O2.C6H6O/c8-7(9)6-4-2-1-3-5-6;7-6-4-2-1-3-5-6/h1-5,7-9H;1-5,7H. The number of benzene rings is 2. The minimum atomic E-state index is -1.34. The third kappa shape index (κ3) is 4.59. The van der Waals surface area contributed by atoms with Crippen molar-refractivity contribution in [2.24, 2.45) is 0 Å². The lowest BCUT2D eigenvalue weighted by Crippen LogP contribution is -1.92. The van der Waals surface area contributed by atoms with E-state index in [1.165, 1.54) is 0 Å². The fourth-order valence-electron chi connectivity index (χ4n) is 1.05. The molecule has 2 aromatic rings. The minimum absolute atomic E-state index is 0.322. The van der Waals surface area contributed by atoms with Gasteiger partial charge in [-0.05, 0) is 12.1 Å². The van der Waals surface area contributed by atoms with Gasteiger partial charge in [-0.2, -0.15) is 0 Å². The Bertz CT molecular complexity index is 384. The molecule has 0 bridgehead atoms. The summed E-state index contributed by atoms with van der Waals surface area (Å²) in [6, 6.07) is 17.4. The number of para-hydroxylation sites is 1. The van der Waals surface area contributed by atoms with E-state index in [9.17, 15) is 0 Å². The summed E-state index contributed by atoms with van der Waals surface area (Å²) in [6.07, 6.45) is -1.34. The van der Waals surface area contributed by atoms with Gasteiger partial charge in [-0.25, -0.2) is 0 Å². The fraction of sp³-hybridized carbons (Fsp3) is 0.0769. The van der Waals surface area contributed by atoms with Gasteiger partial charge in [-0.3, -0.25) is 0 Å². The molecule has 2 aromatic carbocycles. The fourth-order valence-corrected chi connectivity index (χ4v) is 1.05. The predicted molar refractivity (Wildman–Crippen MR) is 61.7 cm³/mol. The molecule has 84 valence electrons. The Morgan fingerprint density at radius 3 is 1.38 bits per heavy atom. The second-order valence-electron chi connectivity index (χ2n) is 3.12. The lowest BCUT2D eigenvalue weighted by Gasteiger charge is -1.99. The van der Waals surface area contributed by atoms with Crippen molar-refractivity contribution in [1.82, 2.24) is 0 Å². The monoisotopic (exact) mass is 218 g/mol. The molecule has 0 heterocycles. The van der Waals surface area contributed by atoms with E-state index < -0.39 is 6.29 Å². The SMILES string of the molecule is OC(O)c1ccccc1.Oc1ccccc1. The van der Waals surface area contributed by atoms with Gasteiger partial charge in [0.1, 0.15) is 5.75 Å². The molecule has 0 radical (unpaired) electrons. The third-order valence-corrected chi connectivity index (χ3v) is 1.85. The van der Waals surface area contributed by atoms with Crippen molar-refractivity contribution < 1.29 is 15.3 Å². The van der Waals surface area contributed by atoms with E-state index >= 15 is 0 Å². The first-order chi connectivity index (χ1) is 7.70. The van der Waals surface area contributed by atoms with Crippen LogP contribution >= 0.6 is 0 Å². The van der Waals surface area contributed by atoms with Crippen LogP contribution in [-0.4, -0.2) is 15.3 Å². The molecule has 0 saturated heterocycles. The van der Waals surface area contributed by atoms with Crippen molar-refractivity contribution in [1.29, 1.82) is 0 Å². The molecule has 2 rings (SSSR count). The lowest BCUT2D eigenvalue weighted by atomic mass is 10.2. The summed E-state index contributed by atoms with van der Waals surface area (Å²) < 4.78 is 0. The highest BCUT2D eigenvalue weighted by atomic mass is 16.5. The molecule has 0 unspecified atom stereocenters. The van der Waals surface area contributed by atoms with Gasteiger partial charge in [-0.15, -0.1) is 0 Å². The number of aliphatic hydroxyl groups excluding tert-OH is 1. The molecular formula is C13H14O3. The highest BCUT2D eigenvalue weighted by molar-refractivity contribution is 5.18. The van der Waals surface area contributed by atoms with Crippen LogP contribution in [0.4, 0.5) is 0 Å². The highest BCUT2D eigenvalue weighted by Gasteiger charge is 1.97. The zero-order valence-corrected chi connectivity index (χ0v) is 8.69. The summed E-state index contributed by atoms with van der Waals surface area (Å²) in [5, 5.41) is 25.8. The van der Waals surface area contributed by atoms with Gasteiger partial charge in [0.25, 0.3) is 0 Å². The van der Waals surface area contributed by atoms with Crippen molar-refractivity contribution in [3.05, 3.63) is 66.2 Å². The van der Waals surface area contributed by atoms with E-state index in [1.807, 2.05) is 12.1 Å². The predicted octanol–water partition coefficient (Wildman–Crippen LogP) is 2.06. The second kappa shape index (κ2) is 6.61. The van der Waals surface area contributed by atoms with Crippen molar-refractivity contribution in [2.45, 2.75) is 6.29 Å². The molecule has 3 heteroatoms. The van der Waals surface area contributed by atoms with Crippen LogP contribution in [0.25, 0.3) is 0 Å². The summed E-state index contributed by atoms with van der Waals surface area (Å²) in [4.78, 5) is 0. The van der Waals surface area contributed by atoms with Crippen LogP contribution in [0.5, 0.6) is 5.75 Å². The first-order valence-electron chi connectivity index (χ1n) is 4.85. The molecule has 0 aliphatic rings. The van der Waals surface area contributed by atoms with Crippen LogP contribution in [0, 0.1) is 0 Å². The molecule has 3 nitrogen and oxygen atoms in total. The average molecular weight is 218 g/mol. The maximum absolute atomic E-state index is 8.63. The van der Waals surface area contributed by atoms with Gasteiger partial charge in [0.2, 0.25) is 0 Å². The molecule has 16 heavy (non-hydrogen) atoms. The molecule has 0 aliphatic heterocycles. The summed E-state index contributed by atoms with van der Waals surface area (Å²) in [5.41, 5.74) is 0.525. The van der Waals surface area contributed by atoms with Gasteiger partial charge < -0.3 is 15.3 Å². The lowest BCUT2D eigenvalue weighted by molar-refractivity contribution is -0.0424. The van der Waals surface area contributed by atoms with Gasteiger partial charge >= 0.3 is 0 Å². The molecule has 0 aromatic heterocycles. The van der Waals surface area contributed by atoms with Gasteiger partial charge in [0, 0.05) is 5.56 Å². The van der Waals surface area contributed by atoms with Crippen molar-refractivity contribution in [2.75, 3.05) is 0 Å². The van der Waals surface area contributed by atoms with Crippen LogP contribution in [0.2, 0.25) is 0 Å². The van der Waals surface area contributed by atoms with Gasteiger partial charge in [0.05, 0.1) is 0 Å². The van der Waals surface area contributed by atoms with Crippen LogP contribution in [-0.2, 0) is 0 Å². The van der Waals surface area contributed by atoms with E-state index in [-0.39, 0.29) is 0 Å². The normalized spacial score (nSPS) is 9.44. The van der Waals surface area contributed by atoms with Crippen LogP contribution in [0.3, 0.4) is 0 Å². The van der Waals surface area contributed by atoms with Crippen molar-refractivity contribution in [3.8, 4) is 5.75 Å². The Morgan fingerprint density at radius 2 is 1.12 bits per heavy atom. The summed E-state index contributed by atoms with van der Waals surface area (Å²) in [6.45, 7) is 0. The minimum Gasteiger partial charge on any atom is -0.508 e. The Morgan fingerprint density at radius 1 is 0.688 bits per heavy atom. The molecule has 0 spiro atoms. The topological polar surface area (TPSA) is 60.7 Å². The number of rotatable bonds is 1. The zero-order valence-electron chi connectivity index (χ0n) is 8.69. The van der Waals surface area contributed by atoms with Gasteiger partial charge in [-0.1, -0.05) is 48.5 Å². The highest BCUT2D eigenvalue weighted by Crippen LogP contribution is 2.06. The van der Waals surface area contributed by atoms with E-state index in [1.54, 1.807) is 48.5 Å². The Kier molecular flexibility index (Phi) is 5.05. The van der Waals surface area contributed by atoms with E-state index in [0.717, 1.165) is 0 Å². The van der Waals surface area contributed by atoms with Crippen LogP contribution in [0.15, 0.2) is 60.7 Å². The maximum atomic E-state index is 8.63. The number of hydrogen-bond donors (Lipinski definition) is 3. The molecule has 0 saturated carbocycles. The smallest absolute Gasteiger partial charge is 0.178 e. The van der Waals surface area contributed by atoms with Crippen LogP contribution < -0.4 is 0 Å². The molecule has 0 atom stereocenters. The van der Waals surface area contributed by atoms with E-state index in [2.05, 4.69) is 0 Å². The maximum Gasteiger partial charge on any atom is 0.178 e. The number of phenols is 1. The zero-order chi connectivity index (χ0) is 11.8. The van der Waals surface area contributed by atoms with E-state index in [4.69, 9.17) is 15.3 Å². The number of aromatic hydroxyl groups is 1. The summed E-state index contributed by atoms with van der Waals surface area (Å²) in [7, 11) is 0. The Hall–Kier alpha value is -1.84. The number of hydrogen-bond acceptors (Lipinski definition) is 3. The molecule has 0 fully saturated rings. The molecular weight excluding hydrogens is 204 g/mol. The third-order valence-electron chi connectivity index (χ3n) is 1.85. The Labute approximate surface area is 94.2 Å². The van der Waals surface area contributed by atoms with Crippen LogP contribution in [0.1, 0.15) is 11.9 Å². The van der Waals surface area contributed by atoms with Crippen molar-refractivity contribution >= 4 is 0 Å². The molecule has 3 N–H and O–H groups in total. The molecule has 0 aliphatic carbocycles. The van der Waals surface area contributed by atoms with Gasteiger partial charge in [0.15, 0.2) is 6.29 Å². The first-order valence-corrected chi connectivity index (χ1v) is 4.85. The number of aliphatic hydroxyl groups is 2. The largest absolute Gasteiger partial charge is 0.508 e. The average Bonchev–Trinajstić information content (AvgIpc) is 2.32.